The Bertz CT molecular complexity index is 1180. The molecule has 1 heterocycles. The summed E-state index contributed by atoms with van der Waals surface area (Å²) in [5.41, 5.74) is 4.44. The second kappa shape index (κ2) is 7.89. The van der Waals surface area contributed by atoms with E-state index in [1.807, 2.05) is 74.5 Å². The van der Waals surface area contributed by atoms with Crippen molar-refractivity contribution in [1.29, 1.82) is 0 Å². The Morgan fingerprint density at radius 2 is 1.72 bits per heavy atom. The second-order valence-corrected chi connectivity index (χ2v) is 7.22. The van der Waals surface area contributed by atoms with Gasteiger partial charge in [-0.25, -0.2) is 9.67 Å². The molecule has 0 spiro atoms. The van der Waals surface area contributed by atoms with E-state index in [0.717, 1.165) is 28.1 Å². The molecule has 5 nitrogen and oxygen atoms in total. The number of anilines is 1. The topological polar surface area (TPSA) is 59.8 Å². The van der Waals surface area contributed by atoms with Crippen molar-refractivity contribution in [2.75, 3.05) is 5.32 Å². The van der Waals surface area contributed by atoms with Crippen molar-refractivity contribution in [3.8, 4) is 17.1 Å². The first-order chi connectivity index (χ1) is 14.0. The summed E-state index contributed by atoms with van der Waals surface area (Å²) in [5.74, 6) is 0.308. The van der Waals surface area contributed by atoms with Crippen LogP contribution in [0, 0.1) is 13.8 Å². The molecule has 0 saturated heterocycles. The third kappa shape index (κ3) is 4.05. The molecule has 3 aromatic carbocycles. The monoisotopic (exact) mass is 402 g/mol. The van der Waals surface area contributed by atoms with Gasteiger partial charge in [-0.1, -0.05) is 41.9 Å². The van der Waals surface area contributed by atoms with Gasteiger partial charge in [0.15, 0.2) is 5.82 Å². The minimum Gasteiger partial charge on any atom is -0.319 e. The van der Waals surface area contributed by atoms with Crippen molar-refractivity contribution in [2.24, 2.45) is 0 Å². The Labute approximate surface area is 174 Å². The molecule has 1 amide bonds. The number of nitrogens with one attached hydrogen (secondary N) is 1. The van der Waals surface area contributed by atoms with Crippen molar-refractivity contribution in [1.82, 2.24) is 14.8 Å². The highest BCUT2D eigenvalue weighted by Gasteiger charge is 2.19. The van der Waals surface area contributed by atoms with Crippen LogP contribution in [0.25, 0.3) is 17.1 Å². The van der Waals surface area contributed by atoms with Crippen LogP contribution in [-0.4, -0.2) is 20.7 Å². The molecule has 0 radical (unpaired) electrons. The number of hydrogen-bond donors (Lipinski definition) is 1. The van der Waals surface area contributed by atoms with Crippen molar-refractivity contribution in [2.45, 2.75) is 13.8 Å². The quantitative estimate of drug-likeness (QED) is 0.493. The smallest absolute Gasteiger partial charge is 0.295 e. The molecule has 1 aromatic heterocycles. The third-order valence-electron chi connectivity index (χ3n) is 4.55. The Kier molecular flexibility index (Phi) is 5.14. The van der Waals surface area contributed by atoms with E-state index in [0.29, 0.717) is 10.8 Å². The lowest BCUT2D eigenvalue weighted by molar-refractivity contribution is 0.101. The molecule has 29 heavy (non-hydrogen) atoms. The maximum absolute atomic E-state index is 12.8. The number of halogens is 1. The summed E-state index contributed by atoms with van der Waals surface area (Å²) in [5, 5.41) is 8.03. The molecule has 4 rings (SSSR count). The molecule has 0 saturated carbocycles. The van der Waals surface area contributed by atoms with Crippen LogP contribution in [0.15, 0.2) is 72.8 Å². The van der Waals surface area contributed by atoms with Crippen LogP contribution in [0.1, 0.15) is 21.7 Å². The molecule has 0 aliphatic heterocycles. The number of carbonyl (C=O) groups excluding carboxylic acids is 1. The van der Waals surface area contributed by atoms with Gasteiger partial charge >= 0.3 is 0 Å². The standard InChI is InChI=1S/C23H19ClN4O/c1-15-6-5-8-19(14-15)28-22(17-10-12-18(24)13-11-17)26-21(27-28)23(29)25-20-9-4-3-7-16(20)2/h3-14H,1-2H3,(H,25,29). The average Bonchev–Trinajstić information content (AvgIpc) is 3.16. The van der Waals surface area contributed by atoms with E-state index < -0.39 is 0 Å². The van der Waals surface area contributed by atoms with Crippen molar-refractivity contribution in [3.05, 3.63) is 94.8 Å². The molecule has 144 valence electrons. The van der Waals surface area contributed by atoms with Crippen LogP contribution in [0.5, 0.6) is 0 Å². The maximum atomic E-state index is 12.8. The first kappa shape index (κ1) is 18.9. The number of nitrogens with zero attached hydrogens (tertiary/aromatic N) is 3. The minimum atomic E-state index is -0.360. The van der Waals surface area contributed by atoms with Crippen LogP contribution in [0.2, 0.25) is 5.02 Å². The molecular formula is C23H19ClN4O. The number of aromatic nitrogens is 3. The average molecular weight is 403 g/mol. The zero-order valence-electron chi connectivity index (χ0n) is 16.1. The third-order valence-corrected chi connectivity index (χ3v) is 4.80. The summed E-state index contributed by atoms with van der Waals surface area (Å²) in [4.78, 5) is 17.4. The van der Waals surface area contributed by atoms with E-state index in [1.54, 1.807) is 16.8 Å². The van der Waals surface area contributed by atoms with Gasteiger partial charge in [0.05, 0.1) is 5.69 Å². The summed E-state index contributed by atoms with van der Waals surface area (Å²) in [6.45, 7) is 3.95. The molecule has 1 N–H and O–H groups in total. The lowest BCUT2D eigenvalue weighted by atomic mass is 10.2. The molecule has 0 atom stereocenters. The highest BCUT2D eigenvalue weighted by molar-refractivity contribution is 6.30. The van der Waals surface area contributed by atoms with Crippen LogP contribution in [0.4, 0.5) is 5.69 Å². The summed E-state index contributed by atoms with van der Waals surface area (Å²) in [6.07, 6.45) is 0. The zero-order valence-corrected chi connectivity index (χ0v) is 16.8. The van der Waals surface area contributed by atoms with Crippen molar-refractivity contribution >= 4 is 23.2 Å². The van der Waals surface area contributed by atoms with E-state index in [2.05, 4.69) is 15.4 Å². The molecule has 4 aromatic rings. The second-order valence-electron chi connectivity index (χ2n) is 6.79. The summed E-state index contributed by atoms with van der Waals surface area (Å²) in [7, 11) is 0. The predicted molar refractivity (Wildman–Crippen MR) is 116 cm³/mol. The van der Waals surface area contributed by atoms with Gasteiger partial charge in [0, 0.05) is 16.3 Å². The van der Waals surface area contributed by atoms with Crippen molar-refractivity contribution in [3.63, 3.8) is 0 Å². The van der Waals surface area contributed by atoms with E-state index >= 15 is 0 Å². The number of hydrogen-bond acceptors (Lipinski definition) is 3. The number of amides is 1. The SMILES string of the molecule is Cc1cccc(-n2nc(C(=O)Nc3ccccc3C)nc2-c2ccc(Cl)cc2)c1. The van der Waals surface area contributed by atoms with Gasteiger partial charge in [-0.2, -0.15) is 0 Å². The fraction of sp³-hybridized carbons (Fsp3) is 0.0870. The van der Waals surface area contributed by atoms with Gasteiger partial charge < -0.3 is 5.32 Å². The van der Waals surface area contributed by atoms with Gasteiger partial charge in [0.1, 0.15) is 0 Å². The van der Waals surface area contributed by atoms with E-state index in [-0.39, 0.29) is 11.7 Å². The van der Waals surface area contributed by atoms with E-state index in [1.165, 1.54) is 0 Å². The van der Waals surface area contributed by atoms with Crippen LogP contribution >= 0.6 is 11.6 Å². The number of rotatable bonds is 4. The zero-order chi connectivity index (χ0) is 20.4. The Hall–Kier alpha value is -3.44. The lowest BCUT2D eigenvalue weighted by Crippen LogP contribution is -2.15. The first-order valence-corrected chi connectivity index (χ1v) is 9.56. The molecule has 0 unspecified atom stereocenters. The highest BCUT2D eigenvalue weighted by Crippen LogP contribution is 2.24. The first-order valence-electron chi connectivity index (χ1n) is 9.18. The molecule has 0 aliphatic carbocycles. The van der Waals surface area contributed by atoms with E-state index in [9.17, 15) is 4.79 Å². The van der Waals surface area contributed by atoms with Gasteiger partial charge in [-0.05, 0) is 67.4 Å². The fourth-order valence-electron chi connectivity index (χ4n) is 3.03. The number of benzene rings is 3. The largest absolute Gasteiger partial charge is 0.319 e. The Morgan fingerprint density at radius 3 is 2.45 bits per heavy atom. The minimum absolute atomic E-state index is 0.0970. The normalized spacial score (nSPS) is 10.7. The summed E-state index contributed by atoms with van der Waals surface area (Å²) in [6, 6.07) is 22.8. The molecule has 0 fully saturated rings. The summed E-state index contributed by atoms with van der Waals surface area (Å²) >= 11 is 6.03. The molecular weight excluding hydrogens is 384 g/mol. The van der Waals surface area contributed by atoms with Crippen LogP contribution in [-0.2, 0) is 0 Å². The predicted octanol–water partition coefficient (Wildman–Crippen LogP) is 5.46. The molecule has 6 heteroatoms. The molecule has 0 bridgehead atoms. The Morgan fingerprint density at radius 1 is 0.966 bits per heavy atom. The van der Waals surface area contributed by atoms with Gasteiger partial charge in [-0.15, -0.1) is 5.10 Å². The van der Waals surface area contributed by atoms with Crippen LogP contribution < -0.4 is 5.32 Å². The number of para-hydroxylation sites is 1. The van der Waals surface area contributed by atoms with E-state index in [4.69, 9.17) is 11.6 Å². The van der Waals surface area contributed by atoms with Gasteiger partial charge in [0.25, 0.3) is 5.91 Å². The van der Waals surface area contributed by atoms with Crippen molar-refractivity contribution < 1.29 is 4.79 Å². The lowest BCUT2D eigenvalue weighted by Gasteiger charge is -2.07. The van der Waals surface area contributed by atoms with Gasteiger partial charge in [-0.3, -0.25) is 4.79 Å². The number of aryl methyl sites for hydroxylation is 2. The Balaban J connectivity index is 1.78. The van der Waals surface area contributed by atoms with Crippen LogP contribution in [0.3, 0.4) is 0 Å². The fourth-order valence-corrected chi connectivity index (χ4v) is 3.15. The maximum Gasteiger partial charge on any atom is 0.295 e. The number of carbonyl (C=O) groups is 1. The van der Waals surface area contributed by atoms with Gasteiger partial charge in [0.2, 0.25) is 5.82 Å². The molecule has 0 aliphatic rings. The highest BCUT2D eigenvalue weighted by atomic mass is 35.5. The summed E-state index contributed by atoms with van der Waals surface area (Å²) < 4.78 is 1.68.